The van der Waals surface area contributed by atoms with Crippen molar-refractivity contribution in [2.45, 2.75) is 31.2 Å². The van der Waals surface area contributed by atoms with Crippen LogP contribution in [0.25, 0.3) is 32.9 Å². The van der Waals surface area contributed by atoms with Crippen LogP contribution in [0.4, 0.5) is 26.0 Å². The summed E-state index contributed by atoms with van der Waals surface area (Å²) in [6.45, 7) is 2.50. The molecular weight excluding hydrogens is 536 g/mol. The smallest absolute Gasteiger partial charge is 0.319 e. The standard InChI is InChI=1S/C32H29F2N7O/c33-24-8-2-6-19-5-1-7-22(26(19)24)28-27(34)29-23(17-37-28)30(38-21-9-10-25(36)20(15-21)16-35)40-31(39-29)42-18-32-11-3-13-41(32)14-4-12-32/h1-2,5-10,15-17,35H,3-4,11-14,18,36H2,(H,38,39,40). The van der Waals surface area contributed by atoms with Crippen molar-refractivity contribution in [3.63, 3.8) is 0 Å². The van der Waals surface area contributed by atoms with Gasteiger partial charge in [-0.1, -0.05) is 30.3 Å². The van der Waals surface area contributed by atoms with Gasteiger partial charge in [0.25, 0.3) is 0 Å². The molecule has 2 fully saturated rings. The van der Waals surface area contributed by atoms with E-state index in [9.17, 15) is 4.39 Å². The molecule has 7 rings (SSSR count). The molecule has 2 aromatic heterocycles. The molecular formula is C32H29F2N7O. The largest absolute Gasteiger partial charge is 0.461 e. The van der Waals surface area contributed by atoms with Gasteiger partial charge in [-0.05, 0) is 68.4 Å². The summed E-state index contributed by atoms with van der Waals surface area (Å²) in [6, 6.07) is 15.1. The summed E-state index contributed by atoms with van der Waals surface area (Å²) in [5.41, 5.74) is 7.85. The van der Waals surface area contributed by atoms with E-state index in [2.05, 4.69) is 25.2 Å². The van der Waals surface area contributed by atoms with Gasteiger partial charge in [-0.15, -0.1) is 0 Å². The Morgan fingerprint density at radius 1 is 1.05 bits per heavy atom. The molecule has 0 spiro atoms. The minimum atomic E-state index is -0.697. The van der Waals surface area contributed by atoms with Crippen LogP contribution in [0, 0.1) is 17.0 Å². The maximum absolute atomic E-state index is 16.4. The number of nitrogens with one attached hydrogen (secondary N) is 2. The molecule has 212 valence electrons. The van der Waals surface area contributed by atoms with Crippen LogP contribution in [0.1, 0.15) is 31.2 Å². The summed E-state index contributed by atoms with van der Waals surface area (Å²) in [5.74, 6) is -0.858. The summed E-state index contributed by atoms with van der Waals surface area (Å²) in [5, 5.41) is 12.1. The number of nitrogens with zero attached hydrogens (tertiary/aromatic N) is 4. The second-order valence-electron chi connectivity index (χ2n) is 11.0. The molecule has 0 aliphatic carbocycles. The average molecular weight is 566 g/mol. The lowest BCUT2D eigenvalue weighted by Crippen LogP contribution is -2.43. The van der Waals surface area contributed by atoms with Gasteiger partial charge < -0.3 is 21.2 Å². The maximum Gasteiger partial charge on any atom is 0.319 e. The van der Waals surface area contributed by atoms with E-state index in [4.69, 9.17) is 15.9 Å². The zero-order chi connectivity index (χ0) is 28.8. The summed E-state index contributed by atoms with van der Waals surface area (Å²) in [6.07, 6.45) is 6.97. The van der Waals surface area contributed by atoms with Crippen molar-refractivity contribution in [3.05, 3.63) is 78.0 Å². The molecule has 2 saturated heterocycles. The number of aromatic nitrogens is 3. The predicted molar refractivity (Wildman–Crippen MR) is 160 cm³/mol. The van der Waals surface area contributed by atoms with Gasteiger partial charge in [0.2, 0.25) is 0 Å². The number of nitrogen functional groups attached to an aromatic ring is 1. The first-order valence-corrected chi connectivity index (χ1v) is 14.0. The monoisotopic (exact) mass is 565 g/mol. The zero-order valence-electron chi connectivity index (χ0n) is 22.8. The van der Waals surface area contributed by atoms with Gasteiger partial charge in [-0.3, -0.25) is 9.88 Å². The lowest BCUT2D eigenvalue weighted by molar-refractivity contribution is 0.108. The van der Waals surface area contributed by atoms with Crippen LogP contribution in [-0.4, -0.2) is 51.3 Å². The number of rotatable bonds is 7. The Balaban J connectivity index is 1.35. The second kappa shape index (κ2) is 10.3. The van der Waals surface area contributed by atoms with E-state index in [0.717, 1.165) is 45.0 Å². The highest BCUT2D eigenvalue weighted by atomic mass is 19.1. The van der Waals surface area contributed by atoms with Crippen LogP contribution in [0.3, 0.4) is 0 Å². The molecule has 0 saturated carbocycles. The fraction of sp³-hybridized carbons (Fsp3) is 0.250. The summed E-state index contributed by atoms with van der Waals surface area (Å²) < 4.78 is 37.6. The third-order valence-corrected chi connectivity index (χ3v) is 8.56. The molecule has 3 aromatic carbocycles. The first-order valence-electron chi connectivity index (χ1n) is 14.0. The Hall–Kier alpha value is -4.70. The van der Waals surface area contributed by atoms with E-state index >= 15 is 4.39 Å². The van der Waals surface area contributed by atoms with E-state index < -0.39 is 11.6 Å². The topological polar surface area (TPSA) is 113 Å². The van der Waals surface area contributed by atoms with E-state index in [1.165, 1.54) is 12.3 Å². The van der Waals surface area contributed by atoms with E-state index in [0.29, 0.717) is 45.7 Å². The highest BCUT2D eigenvalue weighted by Crippen LogP contribution is 2.40. The zero-order valence-corrected chi connectivity index (χ0v) is 22.8. The van der Waals surface area contributed by atoms with E-state index in [1.54, 1.807) is 48.5 Å². The SMILES string of the molecule is N=Cc1cc(Nc2nc(OCC34CCCN3CCC4)nc3c(F)c(-c4cccc5cccc(F)c45)ncc23)ccc1N. The van der Waals surface area contributed by atoms with Crippen molar-refractivity contribution < 1.29 is 13.5 Å². The lowest BCUT2D eigenvalue weighted by Gasteiger charge is -2.31. The first-order chi connectivity index (χ1) is 20.5. The van der Waals surface area contributed by atoms with Gasteiger partial charge in [-0.25, -0.2) is 8.78 Å². The molecule has 0 radical (unpaired) electrons. The number of hydrogen-bond acceptors (Lipinski definition) is 8. The normalized spacial score (nSPS) is 16.1. The van der Waals surface area contributed by atoms with Crippen LogP contribution >= 0.6 is 0 Å². The number of anilines is 3. The number of pyridine rings is 1. The Kier molecular flexibility index (Phi) is 6.42. The molecule has 0 bridgehead atoms. The van der Waals surface area contributed by atoms with Crippen molar-refractivity contribution in [1.29, 1.82) is 5.41 Å². The van der Waals surface area contributed by atoms with Gasteiger partial charge in [0.05, 0.1) is 10.9 Å². The molecule has 2 aliphatic rings. The highest BCUT2D eigenvalue weighted by molar-refractivity contribution is 5.99. The number of hydrogen-bond donors (Lipinski definition) is 3. The van der Waals surface area contributed by atoms with Crippen molar-refractivity contribution in [2.24, 2.45) is 0 Å². The third kappa shape index (κ3) is 4.39. The number of ether oxygens (including phenoxy) is 1. The Morgan fingerprint density at radius 3 is 2.62 bits per heavy atom. The third-order valence-electron chi connectivity index (χ3n) is 8.56. The van der Waals surface area contributed by atoms with E-state index in [1.807, 2.05) is 0 Å². The second-order valence-corrected chi connectivity index (χ2v) is 11.0. The summed E-state index contributed by atoms with van der Waals surface area (Å²) in [7, 11) is 0. The number of benzene rings is 3. The predicted octanol–water partition coefficient (Wildman–Crippen LogP) is 6.45. The van der Waals surface area contributed by atoms with Gasteiger partial charge in [0.1, 0.15) is 29.5 Å². The molecule has 42 heavy (non-hydrogen) atoms. The van der Waals surface area contributed by atoms with Crippen molar-refractivity contribution in [1.82, 2.24) is 19.9 Å². The number of halogens is 2. The molecule has 0 atom stereocenters. The van der Waals surface area contributed by atoms with Crippen LogP contribution < -0.4 is 15.8 Å². The van der Waals surface area contributed by atoms with Gasteiger partial charge in [0.15, 0.2) is 5.82 Å². The molecule has 10 heteroatoms. The fourth-order valence-electron chi connectivity index (χ4n) is 6.45. The lowest BCUT2D eigenvalue weighted by atomic mass is 9.95. The Bertz CT molecular complexity index is 1850. The maximum atomic E-state index is 16.4. The summed E-state index contributed by atoms with van der Waals surface area (Å²) in [4.78, 5) is 16.1. The average Bonchev–Trinajstić information content (AvgIpc) is 3.58. The van der Waals surface area contributed by atoms with Gasteiger partial charge in [-0.2, -0.15) is 9.97 Å². The molecule has 0 amide bonds. The first kappa shape index (κ1) is 26.2. The van der Waals surface area contributed by atoms with E-state index in [-0.39, 0.29) is 28.1 Å². The van der Waals surface area contributed by atoms with Gasteiger partial charge in [0, 0.05) is 40.3 Å². The van der Waals surface area contributed by atoms with Crippen LogP contribution in [0.5, 0.6) is 6.01 Å². The van der Waals surface area contributed by atoms with Crippen LogP contribution in [0.15, 0.2) is 60.8 Å². The molecule has 8 nitrogen and oxygen atoms in total. The fourth-order valence-corrected chi connectivity index (χ4v) is 6.45. The Morgan fingerprint density at radius 2 is 1.83 bits per heavy atom. The molecule has 4 heterocycles. The molecule has 0 unspecified atom stereocenters. The Labute approximate surface area is 241 Å². The minimum absolute atomic E-state index is 0.00997. The van der Waals surface area contributed by atoms with Gasteiger partial charge >= 0.3 is 6.01 Å². The molecule has 4 N–H and O–H groups in total. The number of nitrogens with two attached hydrogens (primary N) is 1. The summed E-state index contributed by atoms with van der Waals surface area (Å²) >= 11 is 0. The quantitative estimate of drug-likeness (QED) is 0.153. The molecule has 5 aromatic rings. The highest BCUT2D eigenvalue weighted by Gasteiger charge is 2.45. The van der Waals surface area contributed by atoms with Crippen molar-refractivity contribution in [2.75, 3.05) is 30.7 Å². The van der Waals surface area contributed by atoms with Crippen molar-refractivity contribution in [3.8, 4) is 17.3 Å². The molecule has 2 aliphatic heterocycles. The van der Waals surface area contributed by atoms with Crippen LogP contribution in [0.2, 0.25) is 0 Å². The minimum Gasteiger partial charge on any atom is -0.461 e. The van der Waals surface area contributed by atoms with Crippen molar-refractivity contribution >= 4 is 45.1 Å². The number of fused-ring (bicyclic) bond motifs is 3. The van der Waals surface area contributed by atoms with Crippen LogP contribution in [-0.2, 0) is 0 Å².